The van der Waals surface area contributed by atoms with Gasteiger partial charge in [-0.2, -0.15) is 0 Å². The number of carbonyl (C=O) groups is 5. The number of imidazole rings is 1. The van der Waals surface area contributed by atoms with Crippen molar-refractivity contribution in [2.45, 2.75) is 77.5 Å². The Morgan fingerprint density at radius 1 is 0.731 bits per heavy atom. The summed E-state index contributed by atoms with van der Waals surface area (Å²) in [6.07, 6.45) is 3.27. The van der Waals surface area contributed by atoms with Crippen LogP contribution in [0.4, 0.5) is 15.3 Å². The van der Waals surface area contributed by atoms with Crippen molar-refractivity contribution in [3.8, 4) is 22.4 Å². The zero-order valence-electron chi connectivity index (χ0n) is 30.6. The number of H-pyrrole nitrogens is 1. The Morgan fingerprint density at radius 2 is 1.23 bits per heavy atom. The minimum absolute atomic E-state index is 0.115. The summed E-state index contributed by atoms with van der Waals surface area (Å²) in [5, 5.41) is 8.23. The van der Waals surface area contributed by atoms with E-state index in [2.05, 4.69) is 30.7 Å². The van der Waals surface area contributed by atoms with Gasteiger partial charge in [-0.15, -0.1) is 0 Å². The van der Waals surface area contributed by atoms with Crippen LogP contribution in [0.2, 0.25) is 0 Å². The number of benzene rings is 2. The molecule has 2 aliphatic rings. The van der Waals surface area contributed by atoms with E-state index < -0.39 is 30.3 Å². The second-order valence-corrected chi connectivity index (χ2v) is 13.9. The van der Waals surface area contributed by atoms with Gasteiger partial charge in [-0.1, -0.05) is 64.1 Å². The number of amides is 5. The molecule has 2 saturated heterocycles. The van der Waals surface area contributed by atoms with Crippen molar-refractivity contribution in [1.82, 2.24) is 30.4 Å². The number of nitrogens with zero attached hydrogens (tertiary/aromatic N) is 3. The van der Waals surface area contributed by atoms with Gasteiger partial charge in [0.05, 0.1) is 32.2 Å². The molecule has 2 fully saturated rings. The summed E-state index contributed by atoms with van der Waals surface area (Å²) in [4.78, 5) is 75.3. The van der Waals surface area contributed by atoms with Gasteiger partial charge in [-0.3, -0.25) is 14.4 Å². The molecule has 14 nitrogen and oxygen atoms in total. The van der Waals surface area contributed by atoms with Crippen LogP contribution in [0.3, 0.4) is 0 Å². The summed E-state index contributed by atoms with van der Waals surface area (Å²) in [5.74, 6) is -0.331. The predicted octanol–water partition coefficient (Wildman–Crippen LogP) is 5.10. The quantitative estimate of drug-likeness (QED) is 0.212. The van der Waals surface area contributed by atoms with Gasteiger partial charge in [0, 0.05) is 18.8 Å². The minimum atomic E-state index is -0.795. The molecule has 52 heavy (non-hydrogen) atoms. The van der Waals surface area contributed by atoms with Crippen LogP contribution in [-0.4, -0.2) is 95.1 Å². The topological polar surface area (TPSA) is 175 Å². The van der Waals surface area contributed by atoms with Gasteiger partial charge in [-0.05, 0) is 66.3 Å². The SMILES string of the molecule is COC(=O)NC(C(=O)N1CCCC1C(=O)Nc1ccc(-c2ccc(-c3cnc(C4CCCN4C(=O)C(NC(=O)OC)C(C)C)[nH]3)cc2)cc1)C(C)C. The Bertz CT molecular complexity index is 1740. The fourth-order valence-corrected chi connectivity index (χ4v) is 6.84. The number of nitrogens with one attached hydrogen (secondary N) is 4. The molecular weight excluding hydrogens is 666 g/mol. The lowest BCUT2D eigenvalue weighted by Gasteiger charge is -2.30. The number of likely N-dealkylation sites (tertiary alicyclic amines) is 2. The second kappa shape index (κ2) is 16.7. The number of carbonyl (C=O) groups excluding carboxylic acids is 5. The Balaban J connectivity index is 1.21. The molecule has 0 spiro atoms. The molecular formula is C38H49N7O7. The van der Waals surface area contributed by atoms with Crippen molar-refractivity contribution < 1.29 is 33.4 Å². The Morgan fingerprint density at radius 3 is 1.79 bits per heavy atom. The molecule has 5 rings (SSSR count). The molecule has 0 saturated carbocycles. The van der Waals surface area contributed by atoms with Crippen LogP contribution in [0.1, 0.15) is 65.2 Å². The summed E-state index contributed by atoms with van der Waals surface area (Å²) in [7, 11) is 2.52. The maximum absolute atomic E-state index is 13.5. The first-order valence-corrected chi connectivity index (χ1v) is 17.8. The molecule has 4 unspecified atom stereocenters. The van der Waals surface area contributed by atoms with Crippen LogP contribution in [0, 0.1) is 11.8 Å². The Kier molecular flexibility index (Phi) is 12.2. The molecule has 4 N–H and O–H groups in total. The van der Waals surface area contributed by atoms with Crippen LogP contribution < -0.4 is 16.0 Å². The van der Waals surface area contributed by atoms with E-state index in [1.807, 2.05) is 76.2 Å². The van der Waals surface area contributed by atoms with Crippen molar-refractivity contribution in [2.75, 3.05) is 32.6 Å². The van der Waals surface area contributed by atoms with Crippen molar-refractivity contribution in [3.63, 3.8) is 0 Å². The second-order valence-electron chi connectivity index (χ2n) is 13.9. The van der Waals surface area contributed by atoms with E-state index in [-0.39, 0.29) is 35.6 Å². The van der Waals surface area contributed by atoms with Crippen LogP contribution in [0.5, 0.6) is 0 Å². The number of rotatable bonds is 11. The number of ether oxygens (including phenoxy) is 2. The summed E-state index contributed by atoms with van der Waals surface area (Å²) in [6, 6.07) is 13.2. The molecule has 278 valence electrons. The third kappa shape index (κ3) is 8.55. The fraction of sp³-hybridized carbons (Fsp3) is 0.474. The standard InChI is InChI=1S/C38H49N7O7/c1-22(2)31(42-37(49)51-5)35(47)44-19-7-9-29(44)33-39-21-28(41-33)26-13-11-24(12-14-26)25-15-17-27(18-16-25)40-34(46)30-10-8-20-45(30)36(48)32(23(3)4)43-38(50)52-6/h11-18,21-23,29-32H,7-10,19-20H2,1-6H3,(H,39,41)(H,40,46)(H,42,49)(H,43,50). The third-order valence-corrected chi connectivity index (χ3v) is 9.75. The van der Waals surface area contributed by atoms with Crippen molar-refractivity contribution >= 4 is 35.6 Å². The molecule has 4 atom stereocenters. The highest BCUT2D eigenvalue weighted by atomic mass is 16.5. The maximum Gasteiger partial charge on any atom is 0.407 e. The van der Waals surface area contributed by atoms with Gasteiger partial charge in [0.2, 0.25) is 17.7 Å². The zero-order chi connectivity index (χ0) is 37.5. The number of aromatic amines is 1. The number of methoxy groups -OCH3 is 2. The average Bonchev–Trinajstić information content (AvgIpc) is 3.94. The fourth-order valence-electron chi connectivity index (χ4n) is 6.84. The molecule has 5 amide bonds. The van der Waals surface area contributed by atoms with Crippen molar-refractivity contribution in [3.05, 3.63) is 60.6 Å². The van der Waals surface area contributed by atoms with E-state index >= 15 is 0 Å². The van der Waals surface area contributed by atoms with Crippen molar-refractivity contribution in [2.24, 2.45) is 11.8 Å². The zero-order valence-corrected chi connectivity index (χ0v) is 30.6. The van der Waals surface area contributed by atoms with Crippen molar-refractivity contribution in [1.29, 1.82) is 0 Å². The number of aromatic nitrogens is 2. The summed E-state index contributed by atoms with van der Waals surface area (Å²) >= 11 is 0. The van der Waals surface area contributed by atoms with Crippen LogP contribution >= 0.6 is 0 Å². The summed E-state index contributed by atoms with van der Waals surface area (Å²) in [6.45, 7) is 8.46. The Hall–Kier alpha value is -5.40. The van der Waals surface area contributed by atoms with Gasteiger partial charge in [-0.25, -0.2) is 14.6 Å². The molecule has 1 aromatic heterocycles. The largest absolute Gasteiger partial charge is 0.453 e. The molecule has 14 heteroatoms. The molecule has 3 heterocycles. The van der Waals surface area contributed by atoms with Crippen LogP contribution in [0.15, 0.2) is 54.7 Å². The van der Waals surface area contributed by atoms with E-state index in [4.69, 9.17) is 4.74 Å². The van der Waals surface area contributed by atoms with Gasteiger partial charge in [0.25, 0.3) is 0 Å². The first kappa shape index (κ1) is 37.8. The number of hydrogen-bond acceptors (Lipinski definition) is 8. The van der Waals surface area contributed by atoms with E-state index in [0.717, 1.165) is 35.2 Å². The lowest BCUT2D eigenvalue weighted by molar-refractivity contribution is -0.139. The number of hydrogen-bond donors (Lipinski definition) is 4. The smallest absolute Gasteiger partial charge is 0.407 e. The lowest BCUT2D eigenvalue weighted by atomic mass is 10.0. The van der Waals surface area contributed by atoms with Crippen LogP contribution in [-0.2, 0) is 23.9 Å². The van der Waals surface area contributed by atoms with E-state index in [1.165, 1.54) is 14.2 Å². The minimum Gasteiger partial charge on any atom is -0.453 e. The van der Waals surface area contributed by atoms with Gasteiger partial charge >= 0.3 is 12.2 Å². The van der Waals surface area contributed by atoms with Gasteiger partial charge < -0.3 is 40.2 Å². The highest BCUT2D eigenvalue weighted by Gasteiger charge is 2.39. The predicted molar refractivity (Wildman–Crippen MR) is 195 cm³/mol. The average molecular weight is 716 g/mol. The summed E-state index contributed by atoms with van der Waals surface area (Å²) < 4.78 is 9.42. The first-order chi connectivity index (χ1) is 24.9. The highest BCUT2D eigenvalue weighted by molar-refractivity contribution is 5.99. The maximum atomic E-state index is 13.5. The number of anilines is 1. The molecule has 0 radical (unpaired) electrons. The lowest BCUT2D eigenvalue weighted by Crippen LogP contribution is -2.54. The van der Waals surface area contributed by atoms with Crippen LogP contribution in [0.25, 0.3) is 22.4 Å². The monoisotopic (exact) mass is 715 g/mol. The van der Waals surface area contributed by atoms with E-state index in [0.29, 0.717) is 37.4 Å². The molecule has 0 bridgehead atoms. The van der Waals surface area contributed by atoms with Gasteiger partial charge in [0.15, 0.2) is 0 Å². The normalized spacial score (nSPS) is 18.2. The van der Waals surface area contributed by atoms with E-state index in [1.54, 1.807) is 16.0 Å². The number of alkyl carbamates (subject to hydrolysis) is 2. The third-order valence-electron chi connectivity index (χ3n) is 9.75. The first-order valence-electron chi connectivity index (χ1n) is 17.8. The van der Waals surface area contributed by atoms with Gasteiger partial charge in [0.1, 0.15) is 23.9 Å². The molecule has 2 aromatic carbocycles. The van der Waals surface area contributed by atoms with E-state index in [9.17, 15) is 24.0 Å². The highest BCUT2D eigenvalue weighted by Crippen LogP contribution is 2.33. The molecule has 2 aliphatic heterocycles. The summed E-state index contributed by atoms with van der Waals surface area (Å²) in [5.41, 5.74) is 4.32. The molecule has 0 aliphatic carbocycles. The molecule has 3 aromatic rings. The Labute approximate surface area is 304 Å².